The smallest absolute Gasteiger partial charge is 0.349 e. The Morgan fingerprint density at radius 3 is 1.34 bits per heavy atom. The van der Waals surface area contributed by atoms with Crippen LogP contribution in [0.2, 0.25) is 0 Å². The molecule has 61 heavy (non-hydrogen) atoms. The molecule has 2 atom stereocenters. The van der Waals surface area contributed by atoms with Crippen molar-refractivity contribution in [1.29, 1.82) is 0 Å². The number of carbonyl (C=O) groups is 1. The number of aromatic nitrogens is 2. The number of ether oxygens (including phenoxy) is 1. The maximum absolute atomic E-state index is 14.5. The number of halogens is 4. The van der Waals surface area contributed by atoms with E-state index in [1.165, 1.54) is 49.2 Å². The van der Waals surface area contributed by atoms with Gasteiger partial charge in [0, 0.05) is 57.7 Å². The van der Waals surface area contributed by atoms with Crippen LogP contribution < -0.4 is 33.6 Å². The highest BCUT2D eigenvalue weighted by atomic mass is 19.3. The van der Waals surface area contributed by atoms with E-state index in [4.69, 9.17) is 27.7 Å². The Labute approximate surface area is 355 Å². The first-order valence-corrected chi connectivity index (χ1v) is 19.4. The summed E-state index contributed by atoms with van der Waals surface area (Å²) in [7, 11) is 0. The molecule has 2 unspecified atom stereocenters. The molecule has 317 valence electrons. The van der Waals surface area contributed by atoms with Gasteiger partial charge in [0.25, 0.3) is 11.8 Å². The molecule has 15 heteroatoms. The van der Waals surface area contributed by atoms with Crippen molar-refractivity contribution in [3.05, 3.63) is 179 Å². The van der Waals surface area contributed by atoms with Crippen molar-refractivity contribution in [2.45, 2.75) is 36.5 Å². The van der Waals surface area contributed by atoms with Gasteiger partial charge in [-0.05, 0) is 59.4 Å². The van der Waals surface area contributed by atoms with Crippen LogP contribution in [0.5, 0.6) is 0 Å². The van der Waals surface area contributed by atoms with E-state index in [0.717, 1.165) is 29.9 Å². The van der Waals surface area contributed by atoms with Crippen LogP contribution in [0.1, 0.15) is 58.1 Å². The summed E-state index contributed by atoms with van der Waals surface area (Å²) in [5, 5.41) is 5.27. The number of pyridine rings is 2. The van der Waals surface area contributed by atoms with Crippen molar-refractivity contribution in [2.24, 2.45) is 0 Å². The average Bonchev–Trinajstić information content (AvgIpc) is 3.84. The summed E-state index contributed by atoms with van der Waals surface area (Å²) in [6.07, 6.45) is 2.56. The number of hydrogen-bond donors (Lipinski definition) is 6. The van der Waals surface area contributed by atoms with E-state index in [1.54, 1.807) is 48.5 Å². The first-order chi connectivity index (χ1) is 28.8. The fourth-order valence-electron chi connectivity index (χ4n) is 6.58. The Morgan fingerprint density at radius 2 is 0.951 bits per heavy atom. The summed E-state index contributed by atoms with van der Waals surface area (Å²) in [5.41, 5.74) is 26.2. The molecule has 3 radical (unpaired) electrons. The van der Waals surface area contributed by atoms with Crippen LogP contribution in [0.4, 0.5) is 40.8 Å². The maximum atomic E-state index is 14.5. The third kappa shape index (κ3) is 14.1. The fraction of sp³-hybridized carbons (Fsp3) is 0.239. The van der Waals surface area contributed by atoms with E-state index < -0.39 is 30.2 Å². The molecule has 1 amide bonds. The summed E-state index contributed by atoms with van der Waals surface area (Å²) < 4.78 is 62.7. The van der Waals surface area contributed by atoms with E-state index in [2.05, 4.69) is 20.6 Å². The van der Waals surface area contributed by atoms with E-state index >= 15 is 0 Å². The number of nitrogens with two attached hydrogens (primary N) is 4. The van der Waals surface area contributed by atoms with Crippen molar-refractivity contribution in [3.63, 3.8) is 0 Å². The molecule has 1 saturated heterocycles. The Balaban J connectivity index is 0.000000237. The molecule has 3 heterocycles. The highest BCUT2D eigenvalue weighted by Gasteiger charge is 2.41. The monoisotopic (exact) mass is 833 g/mol. The molecule has 0 saturated carbocycles. The number of carbonyl (C=O) groups excluding carboxylic acids is 1. The van der Waals surface area contributed by atoms with Crippen molar-refractivity contribution in [1.82, 2.24) is 20.6 Å². The number of anilines is 4. The summed E-state index contributed by atoms with van der Waals surface area (Å²) in [6, 6.07) is 40.3. The standard InChI is InChI=1S/C21H20F2N4O.C21H22F2N4.C4H8O.B/c22-21(23,16-9-5-2-6-10-16)20(28)26-13-17(14-7-3-1-4-8-14)15-11-18(24)27-19(25)12-15;22-21(23,17-9-5-2-6-10-17)14-26-13-18(15-7-3-1-4-8-15)16-11-19(24)27-20(25)12-16;1-2-4-5-3-1;/h1-12,17H,13H2,(H,26,28)(H4,24,25,27);1-12,18,26H,13-14H2,(H4,24,25,27);1-4H2;. The quantitative estimate of drug-likeness (QED) is 0.0509. The van der Waals surface area contributed by atoms with Crippen LogP contribution in [0.15, 0.2) is 146 Å². The minimum absolute atomic E-state index is 0. The lowest BCUT2D eigenvalue weighted by atomic mass is 9.91. The molecule has 6 aromatic rings. The molecule has 10 nitrogen and oxygen atoms in total. The molecule has 4 aromatic carbocycles. The van der Waals surface area contributed by atoms with Crippen LogP contribution in [0.3, 0.4) is 0 Å². The van der Waals surface area contributed by atoms with E-state index in [9.17, 15) is 22.4 Å². The highest BCUT2D eigenvalue weighted by molar-refractivity contribution is 5.84. The van der Waals surface area contributed by atoms with Crippen molar-refractivity contribution < 1.29 is 27.1 Å². The average molecular weight is 834 g/mol. The zero-order valence-electron chi connectivity index (χ0n) is 33.6. The zero-order valence-corrected chi connectivity index (χ0v) is 33.6. The molecular weight excluding hydrogens is 783 g/mol. The molecule has 1 aliphatic rings. The number of nitrogens with zero attached hydrogens (tertiary/aromatic N) is 2. The minimum atomic E-state index is -3.64. The zero-order chi connectivity index (χ0) is 43.0. The predicted octanol–water partition coefficient (Wildman–Crippen LogP) is 7.46. The third-order valence-corrected chi connectivity index (χ3v) is 9.59. The van der Waals surface area contributed by atoms with Gasteiger partial charge in [0.1, 0.15) is 23.3 Å². The lowest BCUT2D eigenvalue weighted by Gasteiger charge is -2.22. The molecule has 0 bridgehead atoms. The minimum Gasteiger partial charge on any atom is -0.384 e. The van der Waals surface area contributed by atoms with Gasteiger partial charge in [-0.1, -0.05) is 121 Å². The number of rotatable bonds is 13. The van der Waals surface area contributed by atoms with Gasteiger partial charge in [-0.2, -0.15) is 17.6 Å². The summed E-state index contributed by atoms with van der Waals surface area (Å²) in [6.45, 7) is 1.81. The predicted molar refractivity (Wildman–Crippen MR) is 235 cm³/mol. The van der Waals surface area contributed by atoms with E-state index in [-0.39, 0.29) is 43.6 Å². The third-order valence-electron chi connectivity index (χ3n) is 9.59. The van der Waals surface area contributed by atoms with Crippen LogP contribution in [-0.4, -0.2) is 57.1 Å². The number of hydrogen-bond acceptors (Lipinski definition) is 9. The van der Waals surface area contributed by atoms with Crippen LogP contribution in [0, 0.1) is 0 Å². The van der Waals surface area contributed by atoms with Gasteiger partial charge in [0.15, 0.2) is 0 Å². The van der Waals surface area contributed by atoms with Crippen LogP contribution >= 0.6 is 0 Å². The first-order valence-electron chi connectivity index (χ1n) is 19.4. The molecule has 0 aliphatic carbocycles. The Hall–Kier alpha value is -6.45. The summed E-state index contributed by atoms with van der Waals surface area (Å²) in [5.74, 6) is -7.50. The Kier molecular flexibility index (Phi) is 17.7. The van der Waals surface area contributed by atoms with Crippen LogP contribution in [-0.2, 0) is 21.4 Å². The van der Waals surface area contributed by atoms with Gasteiger partial charge >= 0.3 is 5.92 Å². The van der Waals surface area contributed by atoms with Gasteiger partial charge in [-0.25, -0.2) is 9.97 Å². The second kappa shape index (κ2) is 22.8. The van der Waals surface area contributed by atoms with E-state index in [0.29, 0.717) is 23.7 Å². The number of benzene rings is 4. The SMILES string of the molecule is C1CCOC1.Nc1cc(C(CNC(=O)C(F)(F)c2ccccc2)c2ccccc2)cc(N)n1.Nc1cc(C(CNCC(F)(F)c2ccccc2)c2ccccc2)cc(N)n1.[B]. The molecule has 1 fully saturated rings. The lowest BCUT2D eigenvalue weighted by molar-refractivity contribution is -0.147. The largest absolute Gasteiger partial charge is 0.384 e. The van der Waals surface area contributed by atoms with Gasteiger partial charge in [-0.3, -0.25) is 4.79 Å². The lowest BCUT2D eigenvalue weighted by Crippen LogP contribution is -2.40. The highest BCUT2D eigenvalue weighted by Crippen LogP contribution is 2.31. The topological polar surface area (TPSA) is 180 Å². The van der Waals surface area contributed by atoms with Gasteiger partial charge in [-0.15, -0.1) is 0 Å². The Morgan fingerprint density at radius 1 is 0.574 bits per heavy atom. The summed E-state index contributed by atoms with van der Waals surface area (Å²) >= 11 is 0. The van der Waals surface area contributed by atoms with Crippen molar-refractivity contribution in [2.75, 3.05) is 55.8 Å². The maximum Gasteiger partial charge on any atom is 0.349 e. The molecule has 0 spiro atoms. The first kappa shape index (κ1) is 47.2. The second-order valence-electron chi connectivity index (χ2n) is 14.1. The Bertz CT molecular complexity index is 2180. The van der Waals surface area contributed by atoms with Gasteiger partial charge in [0.05, 0.1) is 6.54 Å². The molecular formula is C46H50BF4N8O2. The number of nitrogen functional groups attached to an aromatic ring is 4. The number of nitrogens with one attached hydrogen (secondary N) is 2. The summed E-state index contributed by atoms with van der Waals surface area (Å²) in [4.78, 5) is 20.2. The van der Waals surface area contributed by atoms with Crippen LogP contribution in [0.25, 0.3) is 0 Å². The number of alkyl halides is 4. The van der Waals surface area contributed by atoms with Gasteiger partial charge < -0.3 is 38.3 Å². The van der Waals surface area contributed by atoms with E-state index in [1.807, 2.05) is 60.7 Å². The van der Waals surface area contributed by atoms with Gasteiger partial charge in [0.2, 0.25) is 0 Å². The molecule has 2 aromatic heterocycles. The fourth-order valence-corrected chi connectivity index (χ4v) is 6.58. The van der Waals surface area contributed by atoms with Crippen molar-refractivity contribution >= 4 is 37.6 Å². The normalized spacial score (nSPS) is 13.2. The molecule has 7 rings (SSSR count). The molecule has 1 aliphatic heterocycles. The van der Waals surface area contributed by atoms with Crippen molar-refractivity contribution in [3.8, 4) is 0 Å². The second-order valence-corrected chi connectivity index (χ2v) is 14.1. The molecule has 10 N–H and O–H groups in total. The number of amides is 1.